The van der Waals surface area contributed by atoms with Crippen LogP contribution in [0.1, 0.15) is 29.6 Å². The molecule has 0 saturated carbocycles. The number of para-hydroxylation sites is 1. The second-order valence-corrected chi connectivity index (χ2v) is 5.31. The number of carbonyl (C=O) groups is 2. The van der Waals surface area contributed by atoms with Crippen molar-refractivity contribution in [1.29, 1.82) is 0 Å². The molecule has 6 heteroatoms. The van der Waals surface area contributed by atoms with Crippen molar-refractivity contribution in [2.45, 2.75) is 25.3 Å². The Hall–Kier alpha value is -2.24. The molecule has 0 aliphatic carbocycles. The molecule has 0 spiro atoms. The van der Waals surface area contributed by atoms with E-state index < -0.39 is 12.0 Å². The van der Waals surface area contributed by atoms with Gasteiger partial charge in [0.1, 0.15) is 12.6 Å². The van der Waals surface area contributed by atoms with Crippen molar-refractivity contribution in [2.24, 2.45) is 0 Å². The first kappa shape index (κ1) is 13.7. The number of nitrogens with zero attached hydrogens (tertiary/aromatic N) is 1. The molecule has 1 aromatic carbocycles. The molecule has 112 valence electrons. The molecule has 1 atom stereocenters. The summed E-state index contributed by atoms with van der Waals surface area (Å²) in [5.74, 6) is -0.669. The van der Waals surface area contributed by atoms with E-state index in [0.717, 1.165) is 18.5 Å². The minimum absolute atomic E-state index is 0.261. The Kier molecular flexibility index (Phi) is 3.68. The SMILES string of the molecule is O=C(O)C1CCCCN1C(=O)c1cccc2c1OCCN2. The van der Waals surface area contributed by atoms with Crippen LogP contribution >= 0.6 is 0 Å². The van der Waals surface area contributed by atoms with Crippen molar-refractivity contribution in [3.05, 3.63) is 23.8 Å². The Morgan fingerprint density at radius 2 is 2.19 bits per heavy atom. The highest BCUT2D eigenvalue weighted by molar-refractivity contribution is 6.00. The summed E-state index contributed by atoms with van der Waals surface area (Å²) < 4.78 is 5.60. The largest absolute Gasteiger partial charge is 0.489 e. The molecule has 2 aliphatic rings. The van der Waals surface area contributed by atoms with Gasteiger partial charge in [0.25, 0.3) is 5.91 Å². The van der Waals surface area contributed by atoms with Gasteiger partial charge < -0.3 is 20.1 Å². The first-order valence-electron chi connectivity index (χ1n) is 7.22. The van der Waals surface area contributed by atoms with Crippen molar-refractivity contribution in [2.75, 3.05) is 25.0 Å². The number of carbonyl (C=O) groups excluding carboxylic acids is 1. The lowest BCUT2D eigenvalue weighted by Gasteiger charge is -2.33. The molecule has 21 heavy (non-hydrogen) atoms. The van der Waals surface area contributed by atoms with Gasteiger partial charge in [0, 0.05) is 13.1 Å². The molecular formula is C15H18N2O4. The van der Waals surface area contributed by atoms with Crippen LogP contribution < -0.4 is 10.1 Å². The smallest absolute Gasteiger partial charge is 0.326 e. The number of fused-ring (bicyclic) bond motifs is 1. The fourth-order valence-corrected chi connectivity index (χ4v) is 2.93. The second kappa shape index (κ2) is 5.63. The lowest BCUT2D eigenvalue weighted by Crippen LogP contribution is -2.48. The molecule has 0 bridgehead atoms. The number of hydrogen-bond acceptors (Lipinski definition) is 4. The van der Waals surface area contributed by atoms with Crippen LogP contribution in [0.5, 0.6) is 5.75 Å². The van der Waals surface area contributed by atoms with Gasteiger partial charge in [-0.2, -0.15) is 0 Å². The highest BCUT2D eigenvalue weighted by Gasteiger charge is 2.34. The molecule has 0 aromatic heterocycles. The summed E-state index contributed by atoms with van der Waals surface area (Å²) in [6.45, 7) is 1.68. The number of carboxylic acids is 1. The molecule has 2 N–H and O–H groups in total. The number of hydrogen-bond donors (Lipinski definition) is 2. The molecule has 1 saturated heterocycles. The zero-order chi connectivity index (χ0) is 14.8. The maximum atomic E-state index is 12.7. The highest BCUT2D eigenvalue weighted by atomic mass is 16.5. The highest BCUT2D eigenvalue weighted by Crippen LogP contribution is 2.33. The summed E-state index contributed by atoms with van der Waals surface area (Å²) >= 11 is 0. The first-order chi connectivity index (χ1) is 10.2. The average molecular weight is 290 g/mol. The molecule has 1 aromatic rings. The Labute approximate surface area is 122 Å². The number of amides is 1. The van der Waals surface area contributed by atoms with Gasteiger partial charge in [-0.05, 0) is 31.4 Å². The fourth-order valence-electron chi connectivity index (χ4n) is 2.93. The van der Waals surface area contributed by atoms with E-state index >= 15 is 0 Å². The number of nitrogens with one attached hydrogen (secondary N) is 1. The van der Waals surface area contributed by atoms with E-state index in [9.17, 15) is 14.7 Å². The van der Waals surface area contributed by atoms with Crippen LogP contribution in [0.3, 0.4) is 0 Å². The Bertz CT molecular complexity index is 573. The normalized spacial score (nSPS) is 21.0. The third kappa shape index (κ3) is 2.53. The molecular weight excluding hydrogens is 272 g/mol. The van der Waals surface area contributed by atoms with E-state index in [-0.39, 0.29) is 5.91 Å². The Morgan fingerprint density at radius 1 is 1.33 bits per heavy atom. The van der Waals surface area contributed by atoms with Gasteiger partial charge in [-0.15, -0.1) is 0 Å². The monoisotopic (exact) mass is 290 g/mol. The van der Waals surface area contributed by atoms with Crippen molar-refractivity contribution < 1.29 is 19.4 Å². The van der Waals surface area contributed by atoms with E-state index in [1.165, 1.54) is 4.90 Å². The van der Waals surface area contributed by atoms with Crippen LogP contribution in [0.4, 0.5) is 5.69 Å². The molecule has 0 radical (unpaired) electrons. The third-order valence-corrected chi connectivity index (χ3v) is 3.96. The molecule has 3 rings (SSSR count). The fraction of sp³-hybridized carbons (Fsp3) is 0.467. The minimum atomic E-state index is -0.938. The number of benzene rings is 1. The van der Waals surface area contributed by atoms with Gasteiger partial charge in [-0.1, -0.05) is 6.07 Å². The van der Waals surface area contributed by atoms with E-state index in [0.29, 0.717) is 37.4 Å². The van der Waals surface area contributed by atoms with Gasteiger partial charge in [-0.25, -0.2) is 4.79 Å². The van der Waals surface area contributed by atoms with Crippen LogP contribution in [-0.2, 0) is 4.79 Å². The van der Waals surface area contributed by atoms with Crippen LogP contribution in [-0.4, -0.2) is 47.6 Å². The summed E-state index contributed by atoms with van der Waals surface area (Å²) in [7, 11) is 0. The van der Waals surface area contributed by atoms with E-state index in [4.69, 9.17) is 4.74 Å². The maximum Gasteiger partial charge on any atom is 0.326 e. The number of rotatable bonds is 2. The molecule has 2 aliphatic heterocycles. The predicted octanol–water partition coefficient (Wildman–Crippen LogP) is 1.57. The lowest BCUT2D eigenvalue weighted by atomic mass is 10.0. The number of ether oxygens (including phenoxy) is 1. The van der Waals surface area contributed by atoms with E-state index in [1.807, 2.05) is 6.07 Å². The summed E-state index contributed by atoms with van der Waals surface area (Å²) in [6, 6.07) is 4.60. The lowest BCUT2D eigenvalue weighted by molar-refractivity contribution is -0.143. The Morgan fingerprint density at radius 3 is 3.00 bits per heavy atom. The maximum absolute atomic E-state index is 12.7. The van der Waals surface area contributed by atoms with Gasteiger partial charge >= 0.3 is 5.97 Å². The van der Waals surface area contributed by atoms with Gasteiger partial charge in [0.2, 0.25) is 0 Å². The van der Waals surface area contributed by atoms with Crippen molar-refractivity contribution in [3.63, 3.8) is 0 Å². The van der Waals surface area contributed by atoms with Crippen molar-refractivity contribution in [3.8, 4) is 5.75 Å². The molecule has 1 amide bonds. The summed E-state index contributed by atoms with van der Waals surface area (Å²) in [5, 5.41) is 12.5. The van der Waals surface area contributed by atoms with Crippen molar-refractivity contribution in [1.82, 2.24) is 4.90 Å². The van der Waals surface area contributed by atoms with Gasteiger partial charge in [0.15, 0.2) is 5.75 Å². The third-order valence-electron chi connectivity index (χ3n) is 3.96. The van der Waals surface area contributed by atoms with Gasteiger partial charge in [-0.3, -0.25) is 4.79 Å². The van der Waals surface area contributed by atoms with E-state index in [1.54, 1.807) is 12.1 Å². The van der Waals surface area contributed by atoms with E-state index in [2.05, 4.69) is 5.32 Å². The minimum Gasteiger partial charge on any atom is -0.489 e. The summed E-state index contributed by atoms with van der Waals surface area (Å²) in [4.78, 5) is 25.6. The zero-order valence-electron chi connectivity index (χ0n) is 11.7. The van der Waals surface area contributed by atoms with Gasteiger partial charge in [0.05, 0.1) is 11.3 Å². The molecule has 6 nitrogen and oxygen atoms in total. The van der Waals surface area contributed by atoms with Crippen molar-refractivity contribution >= 4 is 17.6 Å². The number of piperidine rings is 1. The number of carboxylic acid groups (broad SMARTS) is 1. The van der Waals surface area contributed by atoms with Crippen LogP contribution in [0.2, 0.25) is 0 Å². The molecule has 1 unspecified atom stereocenters. The predicted molar refractivity (Wildman–Crippen MR) is 76.7 cm³/mol. The van der Waals surface area contributed by atoms with Crippen LogP contribution in [0, 0.1) is 0 Å². The Balaban J connectivity index is 1.92. The summed E-state index contributed by atoms with van der Waals surface area (Å²) in [5.41, 5.74) is 1.23. The first-order valence-corrected chi connectivity index (χ1v) is 7.22. The topological polar surface area (TPSA) is 78.9 Å². The number of likely N-dealkylation sites (tertiary alicyclic amines) is 1. The summed E-state index contributed by atoms with van der Waals surface area (Å²) in [6.07, 6.45) is 2.19. The zero-order valence-corrected chi connectivity index (χ0v) is 11.7. The quantitative estimate of drug-likeness (QED) is 0.864. The average Bonchev–Trinajstić information content (AvgIpc) is 2.53. The second-order valence-electron chi connectivity index (χ2n) is 5.31. The van der Waals surface area contributed by atoms with Crippen LogP contribution in [0.15, 0.2) is 18.2 Å². The molecule has 1 fully saturated rings. The number of anilines is 1. The standard InChI is InChI=1S/C15H18N2O4/c18-14(17-8-2-1-6-12(17)15(19)20)10-4-3-5-11-13(10)21-9-7-16-11/h3-5,12,16H,1-2,6-9H2,(H,19,20). The molecule has 2 heterocycles. The number of aliphatic carboxylic acids is 1. The van der Waals surface area contributed by atoms with Crippen LogP contribution in [0.25, 0.3) is 0 Å².